The van der Waals surface area contributed by atoms with Crippen molar-refractivity contribution >= 4 is 30.1 Å². The van der Waals surface area contributed by atoms with Crippen LogP contribution in [0.25, 0.3) is 16.6 Å². The van der Waals surface area contributed by atoms with E-state index in [4.69, 9.17) is 0 Å². The zero-order valence-electron chi connectivity index (χ0n) is 12.3. The van der Waals surface area contributed by atoms with E-state index in [2.05, 4.69) is 19.9 Å². The maximum absolute atomic E-state index is 9.75. The van der Waals surface area contributed by atoms with Crippen LogP contribution in [0.1, 0.15) is 5.69 Å². The summed E-state index contributed by atoms with van der Waals surface area (Å²) in [6, 6.07) is 1.98. The fraction of sp³-hybridized carbons (Fsp3) is 0.250. The topological polar surface area (TPSA) is 58.8 Å². The van der Waals surface area contributed by atoms with E-state index in [0.717, 1.165) is 22.3 Å². The zero-order chi connectivity index (χ0) is 16.8. The smallest absolute Gasteiger partial charge is 0.418 e. The van der Waals surface area contributed by atoms with Crippen molar-refractivity contribution in [2.75, 3.05) is 21.1 Å². The minimum Gasteiger partial charge on any atom is -0.418 e. The van der Waals surface area contributed by atoms with Gasteiger partial charge < -0.3 is 27.1 Å². The molecule has 0 atom stereocenters. The molecule has 2 aromatic heterocycles. The number of hydrogen-bond acceptors (Lipinski definition) is 3. The van der Waals surface area contributed by atoms with Crippen LogP contribution in [0.15, 0.2) is 24.8 Å². The molecule has 0 saturated carbocycles. The van der Waals surface area contributed by atoms with Gasteiger partial charge in [0.1, 0.15) is 19.0 Å². The Morgan fingerprint density at radius 2 is 1.91 bits per heavy atom. The number of halogens is 4. The van der Waals surface area contributed by atoms with Crippen LogP contribution < -0.4 is 4.99 Å². The highest BCUT2D eigenvalue weighted by atomic mass is 19.5. The Balaban J connectivity index is 0.000000422. The molecule has 0 radical (unpaired) electrons. The normalized spacial score (nSPS) is 12.4. The highest BCUT2D eigenvalue weighted by Crippen LogP contribution is 2.19. The van der Waals surface area contributed by atoms with Crippen molar-refractivity contribution in [3.05, 3.63) is 30.5 Å². The molecule has 2 aromatic rings. The Bertz CT molecular complexity index is 657. The van der Waals surface area contributed by atoms with Gasteiger partial charge in [-0.05, 0) is 6.07 Å². The molecule has 2 heterocycles. The number of nitrogens with one attached hydrogen (secondary N) is 2. The summed E-state index contributed by atoms with van der Waals surface area (Å²) in [5.41, 5.74) is 2.79. The van der Waals surface area contributed by atoms with E-state index in [1.807, 2.05) is 50.7 Å². The minimum absolute atomic E-state index is 0.851. The molecule has 5 nitrogen and oxygen atoms in total. The van der Waals surface area contributed by atoms with Gasteiger partial charge in [-0.1, -0.05) is 0 Å². The largest absolute Gasteiger partial charge is 0.673 e. The van der Waals surface area contributed by atoms with Crippen molar-refractivity contribution in [3.8, 4) is 0 Å². The van der Waals surface area contributed by atoms with E-state index < -0.39 is 7.25 Å². The molecule has 0 saturated heterocycles. The van der Waals surface area contributed by atoms with Gasteiger partial charge >= 0.3 is 7.25 Å². The molecule has 0 aliphatic heterocycles. The molecular formula is C12H16BF4N5. The molecule has 0 aliphatic carbocycles. The zero-order valence-corrected chi connectivity index (χ0v) is 12.3. The predicted octanol–water partition coefficient (Wildman–Crippen LogP) is 0.942. The van der Waals surface area contributed by atoms with Crippen LogP contribution in [0.4, 0.5) is 17.3 Å². The Morgan fingerprint density at radius 3 is 2.45 bits per heavy atom. The molecule has 0 aromatic carbocycles. The van der Waals surface area contributed by atoms with Gasteiger partial charge in [0.2, 0.25) is 0 Å². The Labute approximate surface area is 124 Å². The number of allylic oxidation sites excluding steroid dienone is 1. The van der Waals surface area contributed by atoms with Gasteiger partial charge in [0.05, 0.1) is 11.3 Å². The van der Waals surface area contributed by atoms with Gasteiger partial charge in [-0.3, -0.25) is 4.99 Å². The summed E-state index contributed by atoms with van der Waals surface area (Å²) in [7, 11) is -0.156. The molecule has 0 unspecified atom stereocenters. The van der Waals surface area contributed by atoms with Gasteiger partial charge in [0.25, 0.3) is 0 Å². The van der Waals surface area contributed by atoms with Gasteiger partial charge in [0, 0.05) is 31.9 Å². The number of aromatic amines is 1. The summed E-state index contributed by atoms with van der Waals surface area (Å²) in [6.07, 6.45) is 7.39. The van der Waals surface area contributed by atoms with E-state index in [-0.39, 0.29) is 0 Å². The van der Waals surface area contributed by atoms with Crippen molar-refractivity contribution in [1.29, 1.82) is 0 Å². The van der Waals surface area contributed by atoms with E-state index >= 15 is 0 Å². The van der Waals surface area contributed by atoms with Crippen LogP contribution in [0.3, 0.4) is 0 Å². The maximum atomic E-state index is 9.75. The number of nitrogens with zero attached hydrogens (tertiary/aromatic N) is 3. The van der Waals surface area contributed by atoms with Crippen LogP contribution in [0, 0.1) is 0 Å². The van der Waals surface area contributed by atoms with Crippen LogP contribution >= 0.6 is 0 Å². The summed E-state index contributed by atoms with van der Waals surface area (Å²) >= 11 is 0. The Kier molecular flexibility index (Phi) is 6.08. The number of aromatic nitrogens is 3. The maximum Gasteiger partial charge on any atom is 0.673 e. The lowest BCUT2D eigenvalue weighted by Gasteiger charge is -2.07. The van der Waals surface area contributed by atoms with Gasteiger partial charge in [-0.15, -0.1) is 0 Å². The molecule has 0 spiro atoms. The minimum atomic E-state index is -6.00. The fourth-order valence-electron chi connectivity index (χ4n) is 1.70. The van der Waals surface area contributed by atoms with Crippen molar-refractivity contribution in [1.82, 2.24) is 19.9 Å². The lowest BCUT2D eigenvalue weighted by atomic mass is 10.1. The first-order chi connectivity index (χ1) is 10.2. The molecule has 2 N–H and O–H groups in total. The number of H-pyrrole nitrogens is 1. The standard InChI is InChI=1S/C12H15N5.BF4/c1-13-6-9(7-17(2)3)11-10-4-5-14-12(10)16-8-15-11;2-1(3,4)5/h4-8H,1-3H3,(H,14,15,16);/q;-1/p+1/b9-7+,13-6+;. The summed E-state index contributed by atoms with van der Waals surface area (Å²) in [6.45, 7) is 0. The van der Waals surface area contributed by atoms with Crippen LogP contribution in [-0.2, 0) is 0 Å². The summed E-state index contributed by atoms with van der Waals surface area (Å²) in [4.78, 5) is 16.6. The van der Waals surface area contributed by atoms with E-state index in [9.17, 15) is 17.3 Å². The third kappa shape index (κ3) is 5.94. The molecule has 0 aliphatic rings. The molecule has 22 heavy (non-hydrogen) atoms. The second-order valence-corrected chi connectivity index (χ2v) is 4.44. The average Bonchev–Trinajstić information content (AvgIpc) is 2.83. The van der Waals surface area contributed by atoms with Crippen molar-refractivity contribution in [3.63, 3.8) is 0 Å². The van der Waals surface area contributed by atoms with Crippen molar-refractivity contribution in [2.24, 2.45) is 0 Å². The summed E-state index contributed by atoms with van der Waals surface area (Å²) in [5, 5.41) is 1.02. The monoisotopic (exact) mass is 317 g/mol. The molecule has 10 heteroatoms. The first-order valence-electron chi connectivity index (χ1n) is 6.27. The van der Waals surface area contributed by atoms with Gasteiger partial charge in [0.15, 0.2) is 6.21 Å². The van der Waals surface area contributed by atoms with Gasteiger partial charge in [-0.25, -0.2) is 9.97 Å². The number of fused-ring (bicyclic) bond motifs is 1. The third-order valence-corrected chi connectivity index (χ3v) is 2.32. The lowest BCUT2D eigenvalue weighted by molar-refractivity contribution is -0.412. The van der Waals surface area contributed by atoms with E-state index in [1.165, 1.54) is 0 Å². The molecular weight excluding hydrogens is 301 g/mol. The molecule has 0 amide bonds. The van der Waals surface area contributed by atoms with Crippen molar-refractivity contribution < 1.29 is 22.3 Å². The first-order valence-corrected chi connectivity index (χ1v) is 6.27. The number of rotatable bonds is 3. The van der Waals surface area contributed by atoms with Crippen molar-refractivity contribution in [2.45, 2.75) is 0 Å². The molecule has 120 valence electrons. The Morgan fingerprint density at radius 1 is 1.27 bits per heavy atom. The SMILES string of the molecule is C/[NH+]=C/C(=C\N(C)C)c1ncnc2[nH]ccc12.F[B-](F)(F)F. The summed E-state index contributed by atoms with van der Waals surface area (Å²) in [5.74, 6) is 0. The van der Waals surface area contributed by atoms with Gasteiger partial charge in [-0.2, -0.15) is 0 Å². The summed E-state index contributed by atoms with van der Waals surface area (Å²) < 4.78 is 39.0. The molecule has 0 fully saturated rings. The fourth-order valence-corrected chi connectivity index (χ4v) is 1.70. The Hall–Kier alpha value is -2.39. The molecule has 2 rings (SSSR count). The predicted molar refractivity (Wildman–Crippen MR) is 78.7 cm³/mol. The first kappa shape index (κ1) is 17.7. The quantitative estimate of drug-likeness (QED) is 0.503. The average molecular weight is 317 g/mol. The van der Waals surface area contributed by atoms with Crippen LogP contribution in [0.5, 0.6) is 0 Å². The second-order valence-electron chi connectivity index (χ2n) is 4.44. The van der Waals surface area contributed by atoms with Crippen LogP contribution in [0.2, 0.25) is 0 Å². The third-order valence-electron chi connectivity index (χ3n) is 2.32. The van der Waals surface area contributed by atoms with E-state index in [1.54, 1.807) is 6.33 Å². The van der Waals surface area contributed by atoms with E-state index in [0.29, 0.717) is 0 Å². The number of hydrogen-bond donors (Lipinski definition) is 2. The second kappa shape index (κ2) is 7.57. The highest BCUT2D eigenvalue weighted by molar-refractivity contribution is 6.50. The lowest BCUT2D eigenvalue weighted by Crippen LogP contribution is -2.63. The van der Waals surface area contributed by atoms with Crippen LogP contribution in [-0.4, -0.2) is 54.5 Å². The molecule has 0 bridgehead atoms. The highest BCUT2D eigenvalue weighted by Gasteiger charge is 2.20.